The van der Waals surface area contributed by atoms with Gasteiger partial charge in [-0.25, -0.2) is 9.97 Å². The number of pyridine rings is 2. The minimum Gasteiger partial charge on any atom is -0.406 e. The molecule has 1 aromatic carbocycles. The van der Waals surface area contributed by atoms with Crippen LogP contribution in [0.2, 0.25) is 5.02 Å². The summed E-state index contributed by atoms with van der Waals surface area (Å²) in [5.74, 6) is -0.640. The van der Waals surface area contributed by atoms with E-state index in [4.69, 9.17) is 11.6 Å². The second-order valence-electron chi connectivity index (χ2n) is 9.73. The Hall–Kier alpha value is -3.76. The molecular formula is C29H28ClF3N4O3. The molecule has 4 aromatic rings. The van der Waals surface area contributed by atoms with Crippen molar-refractivity contribution in [2.45, 2.75) is 58.9 Å². The quantitative estimate of drug-likeness (QED) is 0.261. The lowest BCUT2D eigenvalue weighted by atomic mass is 9.84. The summed E-state index contributed by atoms with van der Waals surface area (Å²) < 4.78 is 43.7. The van der Waals surface area contributed by atoms with E-state index in [1.165, 1.54) is 29.0 Å². The number of aliphatic hydroxyl groups excluding tert-OH is 1. The van der Waals surface area contributed by atoms with Gasteiger partial charge in [0.15, 0.2) is 5.82 Å². The van der Waals surface area contributed by atoms with Crippen LogP contribution in [-0.2, 0) is 0 Å². The molecule has 1 N–H and O–H groups in total. The van der Waals surface area contributed by atoms with Crippen molar-refractivity contribution in [2.75, 3.05) is 0 Å². The van der Waals surface area contributed by atoms with Crippen LogP contribution in [0.25, 0.3) is 17.1 Å². The smallest absolute Gasteiger partial charge is 0.406 e. The Morgan fingerprint density at radius 2 is 1.73 bits per heavy atom. The van der Waals surface area contributed by atoms with E-state index in [1.54, 1.807) is 38.2 Å². The molecule has 0 saturated heterocycles. The van der Waals surface area contributed by atoms with Gasteiger partial charge >= 0.3 is 6.36 Å². The number of ether oxygens (including phenoxy) is 1. The zero-order chi connectivity index (χ0) is 29.4. The maximum absolute atomic E-state index is 13.6. The molecular weight excluding hydrogens is 545 g/mol. The van der Waals surface area contributed by atoms with Crippen LogP contribution in [0.5, 0.6) is 5.75 Å². The molecule has 40 heavy (non-hydrogen) atoms. The molecule has 0 bridgehead atoms. The van der Waals surface area contributed by atoms with Crippen molar-refractivity contribution < 1.29 is 23.0 Å². The molecule has 0 spiro atoms. The molecule has 11 heteroatoms. The fourth-order valence-corrected chi connectivity index (χ4v) is 4.84. The fourth-order valence-electron chi connectivity index (χ4n) is 4.53. The Kier molecular flexibility index (Phi) is 8.32. The van der Waals surface area contributed by atoms with Crippen LogP contribution in [0.3, 0.4) is 0 Å². The second kappa shape index (κ2) is 11.4. The van der Waals surface area contributed by atoms with Crippen molar-refractivity contribution in [3.05, 3.63) is 98.4 Å². The molecule has 3 atom stereocenters. The number of aromatic nitrogens is 4. The number of nitrogens with zero attached hydrogens (tertiary/aromatic N) is 4. The van der Waals surface area contributed by atoms with Gasteiger partial charge in [0.25, 0.3) is 5.56 Å². The van der Waals surface area contributed by atoms with Crippen molar-refractivity contribution in [2.24, 2.45) is 0 Å². The Morgan fingerprint density at radius 3 is 2.40 bits per heavy atom. The van der Waals surface area contributed by atoms with Crippen LogP contribution >= 0.6 is 11.6 Å². The summed E-state index contributed by atoms with van der Waals surface area (Å²) in [5.41, 5.74) is 3.64. The first-order chi connectivity index (χ1) is 18.8. The highest BCUT2D eigenvalue weighted by Gasteiger charge is 2.31. The van der Waals surface area contributed by atoms with Crippen LogP contribution in [-0.4, -0.2) is 31.0 Å². The number of rotatable bonds is 7. The molecule has 0 amide bonds. The number of hydrogen-bond acceptors (Lipinski definition) is 6. The number of halogens is 4. The van der Waals surface area contributed by atoms with Gasteiger partial charge in [-0.15, -0.1) is 13.2 Å². The minimum absolute atomic E-state index is 0.0174. The van der Waals surface area contributed by atoms with E-state index in [0.29, 0.717) is 33.9 Å². The molecule has 7 nitrogen and oxygen atoms in total. The Bertz CT molecular complexity index is 1600. The molecule has 0 aliphatic rings. The van der Waals surface area contributed by atoms with Gasteiger partial charge in [-0.3, -0.25) is 14.3 Å². The van der Waals surface area contributed by atoms with Gasteiger partial charge in [-0.1, -0.05) is 37.6 Å². The summed E-state index contributed by atoms with van der Waals surface area (Å²) in [7, 11) is 0. The number of hydrogen-bond donors (Lipinski definition) is 1. The first kappa shape index (κ1) is 29.2. The highest BCUT2D eigenvalue weighted by Crippen LogP contribution is 2.37. The van der Waals surface area contributed by atoms with E-state index >= 15 is 0 Å². The molecule has 0 saturated carbocycles. The molecule has 2 unspecified atom stereocenters. The highest BCUT2D eigenvalue weighted by molar-refractivity contribution is 6.31. The van der Waals surface area contributed by atoms with E-state index in [-0.39, 0.29) is 28.4 Å². The maximum atomic E-state index is 13.6. The average molecular weight is 573 g/mol. The second-order valence-corrected chi connectivity index (χ2v) is 10.1. The minimum atomic E-state index is -4.80. The predicted octanol–water partition coefficient (Wildman–Crippen LogP) is 6.82. The first-order valence-corrected chi connectivity index (χ1v) is 12.9. The SMILES string of the molecule is Cc1cnc(-c2ccnc(C(C)O)n2)cc1-n1c(C)cc(C(C)[C@H](C)c2cccc(OC(F)(F)F)c2)c(Cl)c1=O. The van der Waals surface area contributed by atoms with Crippen LogP contribution in [0.4, 0.5) is 13.2 Å². The van der Waals surface area contributed by atoms with Crippen molar-refractivity contribution in [3.63, 3.8) is 0 Å². The molecule has 3 aromatic heterocycles. The molecule has 210 valence electrons. The average Bonchev–Trinajstić information content (AvgIpc) is 2.90. The third kappa shape index (κ3) is 6.18. The topological polar surface area (TPSA) is 90.1 Å². The zero-order valence-electron chi connectivity index (χ0n) is 22.5. The monoisotopic (exact) mass is 572 g/mol. The van der Waals surface area contributed by atoms with Crippen molar-refractivity contribution >= 4 is 11.6 Å². The number of aliphatic hydroxyl groups is 1. The largest absolute Gasteiger partial charge is 0.573 e. The van der Waals surface area contributed by atoms with Crippen LogP contribution < -0.4 is 10.3 Å². The van der Waals surface area contributed by atoms with Gasteiger partial charge in [-0.2, -0.15) is 0 Å². The van der Waals surface area contributed by atoms with Crippen LogP contribution in [0.1, 0.15) is 66.9 Å². The normalized spacial score (nSPS) is 14.1. The van der Waals surface area contributed by atoms with E-state index in [0.717, 1.165) is 5.56 Å². The summed E-state index contributed by atoms with van der Waals surface area (Å²) in [6.45, 7) is 8.90. The van der Waals surface area contributed by atoms with Crippen molar-refractivity contribution in [3.8, 4) is 22.8 Å². The molecule has 3 heterocycles. The number of aryl methyl sites for hydroxylation is 2. The van der Waals surface area contributed by atoms with E-state index < -0.39 is 18.0 Å². The summed E-state index contributed by atoms with van der Waals surface area (Å²) in [4.78, 5) is 26.5. The lowest BCUT2D eigenvalue weighted by Crippen LogP contribution is -2.24. The fraction of sp³-hybridized carbons (Fsp3) is 0.310. The Balaban J connectivity index is 1.73. The van der Waals surface area contributed by atoms with Gasteiger partial charge < -0.3 is 9.84 Å². The Labute approximate surface area is 234 Å². The van der Waals surface area contributed by atoms with Gasteiger partial charge in [-0.05, 0) is 79.6 Å². The first-order valence-electron chi connectivity index (χ1n) is 12.5. The summed E-state index contributed by atoms with van der Waals surface area (Å²) in [5, 5.41) is 9.88. The van der Waals surface area contributed by atoms with Crippen LogP contribution in [0.15, 0.2) is 59.7 Å². The van der Waals surface area contributed by atoms with E-state index in [2.05, 4.69) is 19.7 Å². The third-order valence-electron chi connectivity index (χ3n) is 6.85. The van der Waals surface area contributed by atoms with E-state index in [1.807, 2.05) is 26.8 Å². The molecule has 0 fully saturated rings. The summed E-state index contributed by atoms with van der Waals surface area (Å²) >= 11 is 6.66. The standard InChI is InChI=1S/C29H28ClF3N4O3/c1-15-14-35-24(23-9-10-34-27(36-23)19(5)38)13-25(15)37-16(2)11-22(26(30)28(37)39)18(4)17(3)20-7-6-8-21(12-20)40-29(31,32)33/h6-14,17-19,38H,1-5H3/t17-,18?,19?/m0/s1. The number of benzene rings is 1. The van der Waals surface area contributed by atoms with Gasteiger partial charge in [0.1, 0.15) is 16.9 Å². The summed E-state index contributed by atoms with van der Waals surface area (Å²) in [6, 6.07) is 11.0. The van der Waals surface area contributed by atoms with Gasteiger partial charge in [0.05, 0.1) is 17.1 Å². The van der Waals surface area contributed by atoms with Crippen molar-refractivity contribution in [1.82, 2.24) is 19.5 Å². The lowest BCUT2D eigenvalue weighted by Gasteiger charge is -2.24. The predicted molar refractivity (Wildman–Crippen MR) is 146 cm³/mol. The summed E-state index contributed by atoms with van der Waals surface area (Å²) in [6.07, 6.45) is -2.49. The van der Waals surface area contributed by atoms with Gasteiger partial charge in [0.2, 0.25) is 0 Å². The van der Waals surface area contributed by atoms with Crippen molar-refractivity contribution in [1.29, 1.82) is 0 Å². The Morgan fingerprint density at radius 1 is 1.00 bits per heavy atom. The maximum Gasteiger partial charge on any atom is 0.573 e. The third-order valence-corrected chi connectivity index (χ3v) is 7.23. The van der Waals surface area contributed by atoms with Gasteiger partial charge in [0, 0.05) is 18.1 Å². The number of alkyl halides is 3. The van der Waals surface area contributed by atoms with Crippen LogP contribution in [0, 0.1) is 13.8 Å². The molecule has 4 rings (SSSR count). The zero-order valence-corrected chi connectivity index (χ0v) is 23.2. The highest BCUT2D eigenvalue weighted by atomic mass is 35.5. The molecule has 0 aliphatic carbocycles. The van der Waals surface area contributed by atoms with E-state index in [9.17, 15) is 23.1 Å². The lowest BCUT2D eigenvalue weighted by molar-refractivity contribution is -0.274. The molecule has 0 radical (unpaired) electrons. The molecule has 0 aliphatic heterocycles.